The first-order valence-corrected chi connectivity index (χ1v) is 10.4. The van der Waals surface area contributed by atoms with Gasteiger partial charge in [0.25, 0.3) is 10.1 Å². The van der Waals surface area contributed by atoms with Crippen molar-refractivity contribution in [3.63, 3.8) is 0 Å². The molecule has 0 saturated heterocycles. The largest absolute Gasteiger partial charge is 0.489 e. The minimum absolute atomic E-state index is 0.366. The number of halogens is 1. The maximum atomic E-state index is 11.7. The number of rotatable bonds is 5. The van der Waals surface area contributed by atoms with E-state index in [0.29, 0.717) is 35.8 Å². The van der Waals surface area contributed by atoms with Gasteiger partial charge < -0.3 is 14.5 Å². The third-order valence-electron chi connectivity index (χ3n) is 3.46. The average molecular weight is 426 g/mol. The third-order valence-corrected chi connectivity index (χ3v) is 3.70. The van der Waals surface area contributed by atoms with E-state index in [1.165, 1.54) is 6.07 Å². The third kappa shape index (κ3) is 7.32. The normalized spacial score (nSPS) is 11.0. The molecular formula is C19H20ClNO6S. The summed E-state index contributed by atoms with van der Waals surface area (Å²) in [4.78, 5) is 11.7. The Morgan fingerprint density at radius 2 is 1.89 bits per heavy atom. The van der Waals surface area contributed by atoms with Crippen molar-refractivity contribution in [2.75, 3.05) is 13.3 Å². The Morgan fingerprint density at radius 1 is 1.18 bits per heavy atom. The van der Waals surface area contributed by atoms with Crippen molar-refractivity contribution in [1.29, 1.82) is 0 Å². The van der Waals surface area contributed by atoms with Crippen LogP contribution < -0.4 is 15.7 Å². The molecule has 0 unspecified atom stereocenters. The van der Waals surface area contributed by atoms with E-state index in [9.17, 15) is 13.2 Å². The van der Waals surface area contributed by atoms with Gasteiger partial charge in [-0.2, -0.15) is 8.42 Å². The van der Waals surface area contributed by atoms with Gasteiger partial charge in [0.05, 0.1) is 6.26 Å². The minimum Gasteiger partial charge on any atom is -0.489 e. The molecule has 150 valence electrons. The van der Waals surface area contributed by atoms with Crippen LogP contribution in [0.4, 0.5) is 0 Å². The lowest BCUT2D eigenvalue weighted by atomic mass is 10.1. The molecule has 0 atom stereocenters. The number of nitrogens with one attached hydrogen (secondary N) is 1. The molecule has 28 heavy (non-hydrogen) atoms. The van der Waals surface area contributed by atoms with Gasteiger partial charge in [-0.15, -0.1) is 0 Å². The smallest absolute Gasteiger partial charge is 0.336 e. The molecule has 0 aliphatic heterocycles. The monoisotopic (exact) mass is 425 g/mol. The fourth-order valence-electron chi connectivity index (χ4n) is 2.43. The zero-order chi connectivity index (χ0) is 20.7. The molecule has 0 radical (unpaired) electrons. The average Bonchev–Trinajstić information content (AvgIpc) is 2.58. The molecule has 1 heterocycles. The van der Waals surface area contributed by atoms with Gasteiger partial charge in [0.15, 0.2) is 0 Å². The molecule has 0 saturated carbocycles. The highest BCUT2D eigenvalue weighted by molar-refractivity contribution is 7.85. The topological polar surface area (TPSA) is 106 Å². The Morgan fingerprint density at radius 3 is 2.54 bits per heavy atom. The second kappa shape index (κ2) is 9.70. The summed E-state index contributed by atoms with van der Waals surface area (Å²) >= 11 is 5.96. The highest BCUT2D eigenvalue weighted by Gasteiger charge is 2.07. The maximum absolute atomic E-state index is 11.7. The van der Waals surface area contributed by atoms with Crippen molar-refractivity contribution in [3.05, 3.63) is 75.1 Å². The molecule has 2 N–H and O–H groups in total. The fraction of sp³-hybridized carbons (Fsp3) is 0.211. The molecule has 9 heteroatoms. The first-order chi connectivity index (χ1) is 13.2. The molecule has 0 aliphatic carbocycles. The van der Waals surface area contributed by atoms with E-state index in [2.05, 4.69) is 5.32 Å². The van der Waals surface area contributed by atoms with E-state index in [-0.39, 0.29) is 5.63 Å². The Bertz CT molecular complexity index is 1100. The van der Waals surface area contributed by atoms with Gasteiger partial charge >= 0.3 is 5.63 Å². The first-order valence-electron chi connectivity index (χ1n) is 8.17. The molecule has 0 bridgehead atoms. The van der Waals surface area contributed by atoms with Crippen molar-refractivity contribution in [1.82, 2.24) is 5.32 Å². The number of fused-ring (bicyclic) bond motifs is 1. The van der Waals surface area contributed by atoms with Crippen LogP contribution in [0.1, 0.15) is 11.1 Å². The molecule has 1 aromatic heterocycles. The Labute approximate surface area is 167 Å². The van der Waals surface area contributed by atoms with E-state index in [4.69, 9.17) is 25.3 Å². The van der Waals surface area contributed by atoms with Crippen molar-refractivity contribution in [2.45, 2.75) is 13.2 Å². The summed E-state index contributed by atoms with van der Waals surface area (Å²) in [5.74, 6) is 0.641. The van der Waals surface area contributed by atoms with Crippen molar-refractivity contribution in [3.8, 4) is 5.75 Å². The molecule has 0 fully saturated rings. The lowest BCUT2D eigenvalue weighted by Crippen LogP contribution is -2.09. The van der Waals surface area contributed by atoms with Crippen LogP contribution in [-0.4, -0.2) is 26.3 Å². The van der Waals surface area contributed by atoms with E-state index in [1.54, 1.807) is 6.07 Å². The quantitative estimate of drug-likeness (QED) is 0.477. The number of hydrogen-bond acceptors (Lipinski definition) is 6. The standard InChI is InChI=1S/C18H16ClNO3.CH4O3S/c1-20-10-13-8-18(21)23-17-9-15(5-6-16(13)17)22-11-12-3-2-4-14(19)7-12;1-5(2,3)4/h2-9,20H,10-11H2,1H3;1H3,(H,2,3,4). The Balaban J connectivity index is 0.000000500. The summed E-state index contributed by atoms with van der Waals surface area (Å²) in [6.45, 7) is 0.997. The van der Waals surface area contributed by atoms with Gasteiger partial charge in [0, 0.05) is 29.1 Å². The van der Waals surface area contributed by atoms with Crippen LogP contribution in [0.5, 0.6) is 5.75 Å². The van der Waals surface area contributed by atoms with Crippen molar-refractivity contribution < 1.29 is 22.1 Å². The van der Waals surface area contributed by atoms with Crippen molar-refractivity contribution >= 4 is 32.7 Å². The summed E-state index contributed by atoms with van der Waals surface area (Å²) < 4.78 is 36.9. The van der Waals surface area contributed by atoms with Crippen molar-refractivity contribution in [2.24, 2.45) is 0 Å². The van der Waals surface area contributed by atoms with Crippen LogP contribution in [-0.2, 0) is 23.3 Å². The van der Waals surface area contributed by atoms with Gasteiger partial charge in [-0.25, -0.2) is 4.79 Å². The highest BCUT2D eigenvalue weighted by atomic mass is 35.5. The number of ether oxygens (including phenoxy) is 1. The van der Waals surface area contributed by atoms with Crippen LogP contribution in [0.2, 0.25) is 5.02 Å². The summed E-state index contributed by atoms with van der Waals surface area (Å²) in [7, 11) is -1.83. The molecule has 3 aromatic rings. The van der Waals surface area contributed by atoms with E-state index >= 15 is 0 Å². The summed E-state index contributed by atoms with van der Waals surface area (Å²) in [6, 6.07) is 14.5. The molecule has 0 aliphatic rings. The second-order valence-corrected chi connectivity index (χ2v) is 7.83. The predicted octanol–water partition coefficient (Wildman–Crippen LogP) is 3.25. The Hall–Kier alpha value is -2.39. The van der Waals surface area contributed by atoms with Gasteiger partial charge in [0.2, 0.25) is 0 Å². The van der Waals surface area contributed by atoms with Gasteiger partial charge in [-0.3, -0.25) is 4.55 Å². The molecule has 7 nitrogen and oxygen atoms in total. The minimum atomic E-state index is -3.67. The predicted molar refractivity (Wildman–Crippen MR) is 109 cm³/mol. The van der Waals surface area contributed by atoms with E-state index in [1.807, 2.05) is 43.4 Å². The summed E-state index contributed by atoms with van der Waals surface area (Å²) in [5.41, 5.74) is 2.03. The first kappa shape index (κ1) is 21.9. The summed E-state index contributed by atoms with van der Waals surface area (Å²) in [5, 5.41) is 4.62. The van der Waals surface area contributed by atoms with Gasteiger partial charge in [-0.05, 0) is 42.4 Å². The lowest BCUT2D eigenvalue weighted by molar-refractivity contribution is 0.306. The van der Waals surface area contributed by atoms with Crippen LogP contribution in [0.25, 0.3) is 11.0 Å². The van der Waals surface area contributed by atoms with Crippen LogP contribution in [0, 0.1) is 0 Å². The molecule has 3 rings (SSSR count). The van der Waals surface area contributed by atoms with Crippen LogP contribution >= 0.6 is 11.6 Å². The molecule has 0 amide bonds. The van der Waals surface area contributed by atoms with Crippen LogP contribution in [0.15, 0.2) is 57.7 Å². The molecule has 2 aromatic carbocycles. The lowest BCUT2D eigenvalue weighted by Gasteiger charge is -2.09. The van der Waals surface area contributed by atoms with Gasteiger partial charge in [-0.1, -0.05) is 23.7 Å². The van der Waals surface area contributed by atoms with Crippen LogP contribution in [0.3, 0.4) is 0 Å². The second-order valence-electron chi connectivity index (χ2n) is 5.93. The zero-order valence-electron chi connectivity index (χ0n) is 15.3. The number of hydrogen-bond donors (Lipinski definition) is 2. The Kier molecular flexibility index (Phi) is 7.59. The van der Waals surface area contributed by atoms with E-state index in [0.717, 1.165) is 16.5 Å². The maximum Gasteiger partial charge on any atom is 0.336 e. The zero-order valence-corrected chi connectivity index (χ0v) is 16.9. The SMILES string of the molecule is CNCc1cc(=O)oc2cc(OCc3cccc(Cl)c3)ccc12.CS(=O)(=O)O. The van der Waals surface area contributed by atoms with E-state index < -0.39 is 10.1 Å². The summed E-state index contributed by atoms with van der Waals surface area (Å²) in [6.07, 6.45) is 0.715. The number of benzene rings is 2. The van der Waals surface area contributed by atoms with Gasteiger partial charge in [0.1, 0.15) is 17.9 Å². The molecular weight excluding hydrogens is 406 g/mol. The highest BCUT2D eigenvalue weighted by Crippen LogP contribution is 2.23. The molecule has 0 spiro atoms. The fourth-order valence-corrected chi connectivity index (χ4v) is 2.64.